The molecule has 0 saturated heterocycles. The van der Waals surface area contributed by atoms with E-state index in [9.17, 15) is 9.18 Å². The van der Waals surface area contributed by atoms with E-state index in [0.717, 1.165) is 12.0 Å². The molecule has 2 aromatic rings. The zero-order valence-electron chi connectivity index (χ0n) is 10.5. The topological polar surface area (TPSA) is 42.0 Å². The number of nitrogens with one attached hydrogen (secondary N) is 1. The van der Waals surface area contributed by atoms with Gasteiger partial charge < -0.3 is 5.32 Å². The summed E-state index contributed by atoms with van der Waals surface area (Å²) in [6, 6.07) is 9.64. The van der Waals surface area contributed by atoms with Crippen LogP contribution in [0.25, 0.3) is 0 Å². The Hall–Kier alpha value is -1.94. The molecule has 3 rings (SSSR count). The molecule has 0 radical (unpaired) electrons. The third kappa shape index (κ3) is 2.80. The van der Waals surface area contributed by atoms with Crippen molar-refractivity contribution in [3.05, 3.63) is 59.0 Å². The highest BCUT2D eigenvalue weighted by Gasteiger charge is 2.43. The van der Waals surface area contributed by atoms with Gasteiger partial charge in [-0.3, -0.25) is 4.79 Å². The number of aromatic nitrogens is 1. The van der Waals surface area contributed by atoms with Gasteiger partial charge in [0.1, 0.15) is 11.6 Å². The minimum absolute atomic E-state index is 0.0610. The Morgan fingerprint density at radius 2 is 2.00 bits per heavy atom. The SMILES string of the molecule is O=C(Nc1ccc(Cl)cn1)[C@@H]1C[C@@H]1c1ccc(F)cc1. The van der Waals surface area contributed by atoms with Crippen LogP contribution < -0.4 is 5.32 Å². The van der Waals surface area contributed by atoms with Crippen LogP contribution in [0.5, 0.6) is 0 Å². The number of rotatable bonds is 3. The van der Waals surface area contributed by atoms with Crippen molar-refractivity contribution < 1.29 is 9.18 Å². The van der Waals surface area contributed by atoms with Gasteiger partial charge in [-0.15, -0.1) is 0 Å². The lowest BCUT2D eigenvalue weighted by Gasteiger charge is -2.04. The predicted molar refractivity (Wildman–Crippen MR) is 75.1 cm³/mol. The summed E-state index contributed by atoms with van der Waals surface area (Å²) in [6.07, 6.45) is 2.27. The number of benzene rings is 1. The number of hydrogen-bond acceptors (Lipinski definition) is 2. The zero-order valence-corrected chi connectivity index (χ0v) is 11.3. The number of halogens is 2. The van der Waals surface area contributed by atoms with Gasteiger partial charge in [-0.2, -0.15) is 0 Å². The molecule has 1 aromatic carbocycles. The summed E-state index contributed by atoms with van der Waals surface area (Å²) in [5, 5.41) is 3.29. The Bertz CT molecular complexity index is 627. The fourth-order valence-electron chi connectivity index (χ4n) is 2.23. The average molecular weight is 291 g/mol. The number of hydrogen-bond donors (Lipinski definition) is 1. The van der Waals surface area contributed by atoms with Crippen LogP contribution in [0.1, 0.15) is 17.9 Å². The van der Waals surface area contributed by atoms with Crippen LogP contribution in [0.15, 0.2) is 42.6 Å². The molecular weight excluding hydrogens is 279 g/mol. The fourth-order valence-corrected chi connectivity index (χ4v) is 2.34. The summed E-state index contributed by atoms with van der Waals surface area (Å²) in [5.41, 5.74) is 0.996. The second kappa shape index (κ2) is 5.21. The Labute approximate surface area is 120 Å². The van der Waals surface area contributed by atoms with Crippen molar-refractivity contribution in [2.45, 2.75) is 12.3 Å². The van der Waals surface area contributed by atoms with Crippen molar-refractivity contribution in [1.29, 1.82) is 0 Å². The van der Waals surface area contributed by atoms with Gasteiger partial charge in [0.05, 0.1) is 5.02 Å². The van der Waals surface area contributed by atoms with E-state index >= 15 is 0 Å². The third-order valence-electron chi connectivity index (χ3n) is 3.40. The molecule has 1 N–H and O–H groups in total. The van der Waals surface area contributed by atoms with E-state index in [1.54, 1.807) is 24.3 Å². The fraction of sp³-hybridized carbons (Fsp3) is 0.200. The molecule has 1 aromatic heterocycles. The molecule has 1 fully saturated rings. The Morgan fingerprint density at radius 3 is 2.65 bits per heavy atom. The van der Waals surface area contributed by atoms with Crippen LogP contribution in [-0.2, 0) is 4.79 Å². The average Bonchev–Trinajstić information content (AvgIpc) is 3.23. The van der Waals surface area contributed by atoms with Crippen LogP contribution in [0.4, 0.5) is 10.2 Å². The Morgan fingerprint density at radius 1 is 1.25 bits per heavy atom. The number of nitrogens with zero attached hydrogens (tertiary/aromatic N) is 1. The van der Waals surface area contributed by atoms with Crippen LogP contribution in [-0.4, -0.2) is 10.9 Å². The highest BCUT2D eigenvalue weighted by molar-refractivity contribution is 6.30. The summed E-state index contributed by atoms with van der Waals surface area (Å²) >= 11 is 5.73. The first-order chi connectivity index (χ1) is 9.63. The highest BCUT2D eigenvalue weighted by atomic mass is 35.5. The number of carbonyl (C=O) groups excluding carboxylic acids is 1. The minimum Gasteiger partial charge on any atom is -0.310 e. The van der Waals surface area contributed by atoms with E-state index in [1.807, 2.05) is 0 Å². The quantitative estimate of drug-likeness (QED) is 0.938. The van der Waals surface area contributed by atoms with Crippen LogP contribution in [0, 0.1) is 11.7 Å². The molecule has 1 aliphatic rings. The van der Waals surface area contributed by atoms with Crippen molar-refractivity contribution in [2.24, 2.45) is 5.92 Å². The highest BCUT2D eigenvalue weighted by Crippen LogP contribution is 2.47. The molecule has 5 heteroatoms. The van der Waals surface area contributed by atoms with E-state index in [4.69, 9.17) is 11.6 Å². The van der Waals surface area contributed by atoms with Crippen LogP contribution >= 0.6 is 11.6 Å². The Kier molecular flexibility index (Phi) is 3.40. The molecule has 2 atom stereocenters. The first kappa shape index (κ1) is 13.1. The Balaban J connectivity index is 1.62. The van der Waals surface area contributed by atoms with E-state index in [2.05, 4.69) is 10.3 Å². The smallest absolute Gasteiger partial charge is 0.229 e. The van der Waals surface area contributed by atoms with Crippen molar-refractivity contribution in [2.75, 3.05) is 5.32 Å². The molecule has 1 amide bonds. The lowest BCUT2D eigenvalue weighted by atomic mass is 10.1. The minimum atomic E-state index is -0.263. The normalized spacial score (nSPS) is 20.5. The lowest BCUT2D eigenvalue weighted by Crippen LogP contribution is -2.15. The molecule has 1 saturated carbocycles. The monoisotopic (exact) mass is 290 g/mol. The van der Waals surface area contributed by atoms with E-state index in [0.29, 0.717) is 10.8 Å². The standard InChI is InChI=1S/C15H12ClFN2O/c16-10-3-6-14(18-8-10)19-15(20)13-7-12(13)9-1-4-11(17)5-2-9/h1-6,8,12-13H,7H2,(H,18,19,20)/t12-,13-/m1/s1. The molecule has 0 spiro atoms. The molecule has 20 heavy (non-hydrogen) atoms. The molecule has 102 valence electrons. The molecule has 0 aliphatic heterocycles. The second-order valence-electron chi connectivity index (χ2n) is 4.85. The summed E-state index contributed by atoms with van der Waals surface area (Å²) in [4.78, 5) is 16.1. The maximum atomic E-state index is 12.8. The molecular formula is C15H12ClFN2O. The first-order valence-electron chi connectivity index (χ1n) is 6.31. The van der Waals surface area contributed by atoms with Gasteiger partial charge in [-0.25, -0.2) is 9.37 Å². The maximum absolute atomic E-state index is 12.8. The van der Waals surface area contributed by atoms with Gasteiger partial charge in [0.25, 0.3) is 0 Å². The van der Waals surface area contributed by atoms with Gasteiger partial charge >= 0.3 is 0 Å². The zero-order chi connectivity index (χ0) is 14.1. The van der Waals surface area contributed by atoms with Crippen LogP contribution in [0.3, 0.4) is 0 Å². The molecule has 3 nitrogen and oxygen atoms in total. The number of carbonyl (C=O) groups is 1. The molecule has 0 bridgehead atoms. The van der Waals surface area contributed by atoms with Gasteiger partial charge in [0.15, 0.2) is 0 Å². The molecule has 1 aliphatic carbocycles. The summed E-state index contributed by atoms with van der Waals surface area (Å²) in [6.45, 7) is 0. The van der Waals surface area contributed by atoms with Gasteiger partial charge in [-0.05, 0) is 42.2 Å². The maximum Gasteiger partial charge on any atom is 0.229 e. The molecule has 0 unspecified atom stereocenters. The predicted octanol–water partition coefficient (Wildman–Crippen LogP) is 3.62. The van der Waals surface area contributed by atoms with Crippen molar-refractivity contribution in [3.8, 4) is 0 Å². The van der Waals surface area contributed by atoms with E-state index in [1.165, 1.54) is 18.3 Å². The number of amides is 1. The van der Waals surface area contributed by atoms with E-state index in [-0.39, 0.29) is 23.6 Å². The summed E-state index contributed by atoms with van der Waals surface area (Å²) in [5.74, 6) is 0.264. The second-order valence-corrected chi connectivity index (χ2v) is 5.29. The summed E-state index contributed by atoms with van der Waals surface area (Å²) < 4.78 is 12.8. The third-order valence-corrected chi connectivity index (χ3v) is 3.63. The van der Waals surface area contributed by atoms with Gasteiger partial charge in [0, 0.05) is 12.1 Å². The lowest BCUT2D eigenvalue weighted by molar-refractivity contribution is -0.117. The van der Waals surface area contributed by atoms with Crippen molar-refractivity contribution in [1.82, 2.24) is 4.98 Å². The van der Waals surface area contributed by atoms with Gasteiger partial charge in [-0.1, -0.05) is 23.7 Å². The van der Waals surface area contributed by atoms with E-state index < -0.39 is 0 Å². The first-order valence-corrected chi connectivity index (χ1v) is 6.69. The van der Waals surface area contributed by atoms with Gasteiger partial charge in [0.2, 0.25) is 5.91 Å². The molecule has 1 heterocycles. The van der Waals surface area contributed by atoms with Crippen molar-refractivity contribution >= 4 is 23.3 Å². The van der Waals surface area contributed by atoms with Crippen molar-refractivity contribution in [3.63, 3.8) is 0 Å². The largest absolute Gasteiger partial charge is 0.310 e. The number of anilines is 1. The number of pyridine rings is 1. The summed E-state index contributed by atoms with van der Waals surface area (Å²) in [7, 11) is 0. The van der Waals surface area contributed by atoms with Crippen LogP contribution in [0.2, 0.25) is 5.02 Å².